The normalized spacial score (nSPS) is 19.8. The Morgan fingerprint density at radius 1 is 1.19 bits per heavy atom. The van der Waals surface area contributed by atoms with Gasteiger partial charge >= 0.3 is 11.9 Å². The number of ether oxygens (including phenoxy) is 2. The number of para-hydroxylation sites is 1. The molecule has 3 rings (SSSR count). The van der Waals surface area contributed by atoms with Gasteiger partial charge in [0, 0.05) is 38.4 Å². The van der Waals surface area contributed by atoms with E-state index in [1.165, 1.54) is 25.5 Å². The largest absolute Gasteiger partial charge is 0.508 e. The van der Waals surface area contributed by atoms with Gasteiger partial charge in [0.05, 0.1) is 0 Å². The molecule has 0 unspecified atom stereocenters. The highest BCUT2D eigenvalue weighted by molar-refractivity contribution is 6.15. The number of carbonyl (C=O) groups is 2. The van der Waals surface area contributed by atoms with E-state index in [0.717, 1.165) is 31.1 Å². The summed E-state index contributed by atoms with van der Waals surface area (Å²) < 4.78 is 9.96. The number of anilines is 1. The number of esters is 2. The van der Waals surface area contributed by atoms with Crippen LogP contribution >= 0.6 is 0 Å². The van der Waals surface area contributed by atoms with E-state index in [4.69, 9.17) is 9.47 Å². The smallest absolute Gasteiger partial charge is 0.348 e. The number of aryl methyl sites for hydroxylation is 1. The lowest BCUT2D eigenvalue weighted by molar-refractivity contribution is -0.222. The van der Waals surface area contributed by atoms with Crippen molar-refractivity contribution >= 4 is 17.6 Å². The van der Waals surface area contributed by atoms with Gasteiger partial charge in [-0.2, -0.15) is 0 Å². The van der Waals surface area contributed by atoms with Gasteiger partial charge in [-0.25, -0.2) is 9.59 Å². The fourth-order valence-electron chi connectivity index (χ4n) is 2.94. The van der Waals surface area contributed by atoms with E-state index >= 15 is 0 Å². The summed E-state index contributed by atoms with van der Waals surface area (Å²) >= 11 is 0. The number of cyclic esters (lactones) is 2. The Bertz CT molecular complexity index is 797. The van der Waals surface area contributed by atoms with Crippen LogP contribution in [-0.4, -0.2) is 29.4 Å². The van der Waals surface area contributed by atoms with Crippen molar-refractivity contribution < 1.29 is 24.2 Å². The fraction of sp³-hybridized carbons (Fsp3) is 0.300. The first-order chi connectivity index (χ1) is 12.4. The summed E-state index contributed by atoms with van der Waals surface area (Å²) in [6.45, 7) is 3.82. The minimum absolute atomic E-state index is 0.241. The van der Waals surface area contributed by atoms with Gasteiger partial charge < -0.3 is 19.5 Å². The van der Waals surface area contributed by atoms with Crippen molar-refractivity contribution in [1.29, 1.82) is 0 Å². The van der Waals surface area contributed by atoms with Crippen LogP contribution in [0.2, 0.25) is 0 Å². The van der Waals surface area contributed by atoms with Crippen LogP contribution in [0.4, 0.5) is 5.69 Å². The van der Waals surface area contributed by atoms with E-state index in [1.807, 2.05) is 18.3 Å². The number of rotatable bonds is 3. The maximum Gasteiger partial charge on any atom is 0.348 e. The summed E-state index contributed by atoms with van der Waals surface area (Å²) in [4.78, 5) is 25.8. The summed E-state index contributed by atoms with van der Waals surface area (Å²) in [6, 6.07) is 8.17. The van der Waals surface area contributed by atoms with E-state index in [2.05, 4.69) is 17.0 Å². The zero-order valence-electron chi connectivity index (χ0n) is 14.8. The van der Waals surface area contributed by atoms with Gasteiger partial charge in [0.2, 0.25) is 0 Å². The number of hydrogen-bond donors (Lipinski definition) is 1. The van der Waals surface area contributed by atoms with Gasteiger partial charge in [-0.15, -0.1) is 0 Å². The zero-order valence-corrected chi connectivity index (χ0v) is 14.8. The molecule has 136 valence electrons. The van der Waals surface area contributed by atoms with Gasteiger partial charge in [-0.3, -0.25) is 0 Å². The lowest BCUT2D eigenvalue weighted by Crippen LogP contribution is -2.41. The van der Waals surface area contributed by atoms with Crippen molar-refractivity contribution in [3.63, 3.8) is 0 Å². The molecule has 0 radical (unpaired) electrons. The van der Waals surface area contributed by atoms with Crippen molar-refractivity contribution in [1.82, 2.24) is 0 Å². The van der Waals surface area contributed by atoms with Gasteiger partial charge in [0.1, 0.15) is 11.3 Å². The molecular formula is C20H21NO5. The van der Waals surface area contributed by atoms with E-state index in [1.54, 1.807) is 6.08 Å². The zero-order chi connectivity index (χ0) is 18.7. The Morgan fingerprint density at radius 2 is 1.88 bits per heavy atom. The third kappa shape index (κ3) is 3.96. The van der Waals surface area contributed by atoms with Gasteiger partial charge in [0.15, 0.2) is 0 Å². The second-order valence-corrected chi connectivity index (χ2v) is 6.60. The molecule has 0 aromatic heterocycles. The number of hydrogen-bond acceptors (Lipinski definition) is 6. The first-order valence-corrected chi connectivity index (χ1v) is 8.46. The second kappa shape index (κ2) is 7.07. The quantitative estimate of drug-likeness (QED) is 0.295. The Balaban J connectivity index is 1.72. The maximum absolute atomic E-state index is 11.9. The fourth-order valence-corrected chi connectivity index (χ4v) is 2.94. The number of fused-ring (bicyclic) bond motifs is 1. The van der Waals surface area contributed by atoms with Crippen LogP contribution < -0.4 is 4.90 Å². The summed E-state index contributed by atoms with van der Waals surface area (Å²) in [7, 11) is 0. The molecule has 0 bridgehead atoms. The lowest BCUT2D eigenvalue weighted by atomic mass is 10.0. The predicted molar refractivity (Wildman–Crippen MR) is 96.3 cm³/mol. The molecule has 0 amide bonds. The van der Waals surface area contributed by atoms with Crippen LogP contribution in [0.25, 0.3) is 0 Å². The summed E-state index contributed by atoms with van der Waals surface area (Å²) in [5, 5.41) is 9.99. The Labute approximate surface area is 152 Å². The molecule has 0 atom stereocenters. The van der Waals surface area contributed by atoms with E-state index < -0.39 is 17.7 Å². The number of allylic oxidation sites excluding steroid dienone is 3. The molecule has 1 aromatic rings. The highest BCUT2D eigenvalue weighted by Crippen LogP contribution is 2.27. The molecule has 6 heteroatoms. The Kier molecular flexibility index (Phi) is 4.84. The van der Waals surface area contributed by atoms with Crippen molar-refractivity contribution in [2.24, 2.45) is 0 Å². The molecule has 2 heterocycles. The third-order valence-corrected chi connectivity index (χ3v) is 4.09. The molecule has 1 fully saturated rings. The molecule has 26 heavy (non-hydrogen) atoms. The first kappa shape index (κ1) is 17.8. The second-order valence-electron chi connectivity index (χ2n) is 6.60. The molecule has 2 aliphatic rings. The SMILES string of the molecule is CC1(C)OC(=O)C(=C/C(O)=C/C=C/N2CCCc3ccccc32)C(=O)O1. The van der Waals surface area contributed by atoms with Gasteiger partial charge in [-0.1, -0.05) is 18.2 Å². The van der Waals surface area contributed by atoms with Crippen LogP contribution in [0.3, 0.4) is 0 Å². The summed E-state index contributed by atoms with van der Waals surface area (Å²) in [5.74, 6) is -3.18. The van der Waals surface area contributed by atoms with Crippen molar-refractivity contribution in [2.75, 3.05) is 11.4 Å². The molecule has 0 aliphatic carbocycles. The molecule has 0 spiro atoms. The molecular weight excluding hydrogens is 334 g/mol. The molecule has 1 N–H and O–H groups in total. The standard InChI is InChI=1S/C20H21NO5/c1-20(2)25-18(23)16(19(24)26-20)13-15(22)9-6-12-21-11-5-8-14-7-3-4-10-17(14)21/h3-4,6-7,9-10,12-13,22H,5,8,11H2,1-2H3/b12-6+,15-9-. The molecule has 1 saturated heterocycles. The van der Waals surface area contributed by atoms with E-state index in [0.29, 0.717) is 0 Å². The van der Waals surface area contributed by atoms with Gasteiger partial charge in [0.25, 0.3) is 5.79 Å². The van der Waals surface area contributed by atoms with Crippen molar-refractivity contribution in [3.05, 3.63) is 65.6 Å². The van der Waals surface area contributed by atoms with Crippen molar-refractivity contribution in [2.45, 2.75) is 32.5 Å². The first-order valence-electron chi connectivity index (χ1n) is 8.46. The van der Waals surface area contributed by atoms with Crippen molar-refractivity contribution in [3.8, 4) is 0 Å². The molecule has 0 saturated carbocycles. The maximum atomic E-state index is 11.9. The number of aliphatic hydroxyl groups excluding tert-OH is 1. The topological polar surface area (TPSA) is 76.1 Å². The summed E-state index contributed by atoms with van der Waals surface area (Å²) in [5.41, 5.74) is 2.09. The average molecular weight is 355 g/mol. The Hall–Kier alpha value is -3.02. The minimum Gasteiger partial charge on any atom is -0.508 e. The van der Waals surface area contributed by atoms with Crippen LogP contribution in [0.15, 0.2) is 60.0 Å². The molecule has 6 nitrogen and oxygen atoms in total. The van der Waals surface area contributed by atoms with E-state index in [-0.39, 0.29) is 11.3 Å². The molecule has 1 aromatic carbocycles. The summed E-state index contributed by atoms with van der Waals surface area (Å²) in [6.07, 6.45) is 8.08. The number of carbonyl (C=O) groups excluding carboxylic acids is 2. The number of benzene rings is 1. The highest BCUT2D eigenvalue weighted by atomic mass is 16.7. The van der Waals surface area contributed by atoms with Gasteiger partial charge in [-0.05, 0) is 36.6 Å². The monoisotopic (exact) mass is 355 g/mol. The predicted octanol–water partition coefficient (Wildman–Crippen LogP) is 3.16. The number of aliphatic hydroxyl groups is 1. The number of nitrogens with zero attached hydrogens (tertiary/aromatic N) is 1. The minimum atomic E-state index is -1.30. The van der Waals surface area contributed by atoms with E-state index in [9.17, 15) is 14.7 Å². The average Bonchev–Trinajstić information content (AvgIpc) is 2.57. The van der Waals surface area contributed by atoms with Crippen LogP contribution in [0, 0.1) is 0 Å². The Morgan fingerprint density at radius 3 is 2.62 bits per heavy atom. The van der Waals surface area contributed by atoms with Crippen LogP contribution in [-0.2, 0) is 25.5 Å². The van der Waals surface area contributed by atoms with Crippen LogP contribution in [0.1, 0.15) is 25.8 Å². The molecule has 2 aliphatic heterocycles. The highest BCUT2D eigenvalue weighted by Gasteiger charge is 2.38. The van der Waals surface area contributed by atoms with Crippen LogP contribution in [0.5, 0.6) is 0 Å². The lowest BCUT2D eigenvalue weighted by Gasteiger charge is -2.29. The third-order valence-electron chi connectivity index (χ3n) is 4.09.